The molecule has 0 unspecified atom stereocenters. The molecule has 0 saturated carbocycles. The van der Waals surface area contributed by atoms with Crippen molar-refractivity contribution in [3.05, 3.63) is 78.1 Å². The molecule has 1 fully saturated rings. The Kier molecular flexibility index (Phi) is 5.72. The molecule has 6 nitrogen and oxygen atoms in total. The number of benzene rings is 1. The summed E-state index contributed by atoms with van der Waals surface area (Å²) in [6.45, 7) is 2.94. The van der Waals surface area contributed by atoms with E-state index in [1.54, 1.807) is 47.6 Å². The lowest BCUT2D eigenvalue weighted by molar-refractivity contribution is 0.0623. The Morgan fingerprint density at radius 2 is 1.87 bits per heavy atom. The smallest absolute Gasteiger partial charge is 0.256 e. The number of halogens is 1. The van der Waals surface area contributed by atoms with Gasteiger partial charge in [-0.1, -0.05) is 19.1 Å². The van der Waals surface area contributed by atoms with E-state index < -0.39 is 5.41 Å². The van der Waals surface area contributed by atoms with E-state index in [0.717, 1.165) is 5.56 Å². The highest BCUT2D eigenvalue weighted by molar-refractivity contribution is 5.99. The summed E-state index contributed by atoms with van der Waals surface area (Å²) in [7, 11) is 0. The van der Waals surface area contributed by atoms with E-state index in [4.69, 9.17) is 0 Å². The maximum atomic E-state index is 13.3. The number of nitrogens with zero attached hydrogens (tertiary/aromatic N) is 5. The molecule has 7 heteroatoms. The van der Waals surface area contributed by atoms with E-state index in [-0.39, 0.29) is 17.6 Å². The number of nitriles is 1. The largest absolute Gasteiger partial charge is 0.338 e. The van der Waals surface area contributed by atoms with Crippen LogP contribution in [0.1, 0.15) is 41.6 Å². The Hall–Kier alpha value is -3.66. The highest BCUT2D eigenvalue weighted by Gasteiger charge is 2.41. The van der Waals surface area contributed by atoms with Gasteiger partial charge in [0.05, 0.1) is 22.7 Å². The maximum Gasteiger partial charge on any atom is 0.256 e. The van der Waals surface area contributed by atoms with Crippen molar-refractivity contribution in [2.75, 3.05) is 13.1 Å². The number of hydrogen-bond acceptors (Lipinski definition) is 5. The predicted molar refractivity (Wildman–Crippen MR) is 113 cm³/mol. The molecule has 156 valence electrons. The second-order valence-electron chi connectivity index (χ2n) is 7.83. The molecule has 1 atom stereocenters. The average molecular weight is 415 g/mol. The van der Waals surface area contributed by atoms with Gasteiger partial charge in [0.15, 0.2) is 0 Å². The van der Waals surface area contributed by atoms with Crippen LogP contribution in [0.25, 0.3) is 11.4 Å². The number of hydrogen-bond donors (Lipinski definition) is 0. The molecule has 0 radical (unpaired) electrons. The van der Waals surface area contributed by atoms with E-state index in [2.05, 4.69) is 21.0 Å². The molecule has 0 spiro atoms. The third-order valence-corrected chi connectivity index (χ3v) is 6.23. The van der Waals surface area contributed by atoms with Gasteiger partial charge in [0, 0.05) is 25.5 Å². The van der Waals surface area contributed by atoms with Crippen LogP contribution < -0.4 is 0 Å². The summed E-state index contributed by atoms with van der Waals surface area (Å²) < 4.78 is 13.3. The lowest BCUT2D eigenvalue weighted by Gasteiger charge is -2.41. The molecule has 4 rings (SSSR count). The van der Waals surface area contributed by atoms with Crippen molar-refractivity contribution < 1.29 is 9.18 Å². The van der Waals surface area contributed by atoms with Crippen LogP contribution >= 0.6 is 0 Å². The molecular weight excluding hydrogens is 393 g/mol. The molecule has 1 aliphatic heterocycles. The first kappa shape index (κ1) is 20.6. The molecular formula is C24H22FN5O. The topological polar surface area (TPSA) is 82.8 Å². The number of aromatic nitrogens is 3. The van der Waals surface area contributed by atoms with Gasteiger partial charge in [-0.25, -0.2) is 14.4 Å². The Bertz CT molecular complexity index is 1100. The number of carbonyl (C=O) groups is 1. The molecule has 1 amide bonds. The van der Waals surface area contributed by atoms with E-state index in [1.165, 1.54) is 18.5 Å². The van der Waals surface area contributed by atoms with E-state index in [1.807, 2.05) is 6.92 Å². The molecule has 0 N–H and O–H groups in total. The fraction of sp³-hybridized carbons (Fsp3) is 0.292. The van der Waals surface area contributed by atoms with Crippen LogP contribution in [0.4, 0.5) is 4.39 Å². The zero-order chi connectivity index (χ0) is 21.8. The fourth-order valence-electron chi connectivity index (χ4n) is 4.20. The Morgan fingerprint density at radius 1 is 1.13 bits per heavy atom. The van der Waals surface area contributed by atoms with E-state index in [0.29, 0.717) is 42.9 Å². The van der Waals surface area contributed by atoms with Crippen molar-refractivity contribution in [3.8, 4) is 17.5 Å². The number of pyridine rings is 1. The molecule has 3 aromatic rings. The number of carbonyl (C=O) groups excluding carboxylic acids is 1. The quantitative estimate of drug-likeness (QED) is 0.637. The minimum absolute atomic E-state index is 0.0645. The number of rotatable bonds is 4. The van der Waals surface area contributed by atoms with Gasteiger partial charge in [-0.2, -0.15) is 5.26 Å². The molecule has 31 heavy (non-hydrogen) atoms. The van der Waals surface area contributed by atoms with Crippen molar-refractivity contribution in [2.24, 2.45) is 5.41 Å². The number of likely N-dealkylation sites (tertiary alicyclic amines) is 1. The van der Waals surface area contributed by atoms with Crippen LogP contribution in [0.2, 0.25) is 0 Å². The summed E-state index contributed by atoms with van der Waals surface area (Å²) in [5.74, 6) is -0.480. The van der Waals surface area contributed by atoms with Crippen molar-refractivity contribution >= 4 is 5.91 Å². The molecule has 2 aromatic heterocycles. The van der Waals surface area contributed by atoms with Crippen molar-refractivity contribution in [2.45, 2.75) is 25.7 Å². The van der Waals surface area contributed by atoms with Gasteiger partial charge in [0.1, 0.15) is 17.8 Å². The van der Waals surface area contributed by atoms with Crippen LogP contribution in [0, 0.1) is 22.6 Å². The van der Waals surface area contributed by atoms with Crippen molar-refractivity contribution in [1.29, 1.82) is 5.26 Å². The first-order valence-corrected chi connectivity index (χ1v) is 10.2. The van der Waals surface area contributed by atoms with Crippen LogP contribution in [0.3, 0.4) is 0 Å². The second kappa shape index (κ2) is 8.60. The molecule has 1 aromatic carbocycles. The second-order valence-corrected chi connectivity index (χ2v) is 7.83. The van der Waals surface area contributed by atoms with Crippen LogP contribution in [-0.2, 0) is 0 Å². The third-order valence-electron chi connectivity index (χ3n) is 6.23. The van der Waals surface area contributed by atoms with Gasteiger partial charge >= 0.3 is 0 Å². The highest BCUT2D eigenvalue weighted by atomic mass is 19.1. The van der Waals surface area contributed by atoms with Gasteiger partial charge in [-0.05, 0) is 54.7 Å². The van der Waals surface area contributed by atoms with Crippen molar-refractivity contribution in [1.82, 2.24) is 19.9 Å². The van der Waals surface area contributed by atoms with E-state index >= 15 is 0 Å². The number of piperidine rings is 1. The molecule has 0 aliphatic carbocycles. The summed E-state index contributed by atoms with van der Waals surface area (Å²) in [5, 5.41) is 10.0. The van der Waals surface area contributed by atoms with Gasteiger partial charge in [-0.3, -0.25) is 9.78 Å². The summed E-state index contributed by atoms with van der Waals surface area (Å²) in [6, 6.07) is 14.0. The van der Waals surface area contributed by atoms with Crippen LogP contribution in [0.5, 0.6) is 0 Å². The molecule has 1 aliphatic rings. The zero-order valence-corrected chi connectivity index (χ0v) is 17.2. The minimum Gasteiger partial charge on any atom is -0.338 e. The SMILES string of the molecule is C[C@H](c1ccc(F)cc1)C1(C#N)CCN(C(=O)c2cccnc2-c2ccncn2)CC1. The molecule has 0 bridgehead atoms. The van der Waals surface area contributed by atoms with Crippen LogP contribution in [-0.4, -0.2) is 38.8 Å². The summed E-state index contributed by atoms with van der Waals surface area (Å²) >= 11 is 0. The fourth-order valence-corrected chi connectivity index (χ4v) is 4.20. The Morgan fingerprint density at radius 3 is 2.52 bits per heavy atom. The highest BCUT2D eigenvalue weighted by Crippen LogP contribution is 2.44. The minimum atomic E-state index is -0.598. The predicted octanol–water partition coefficient (Wildman–Crippen LogP) is 4.23. The molecule has 3 heterocycles. The number of amides is 1. The molecule has 1 saturated heterocycles. The third kappa shape index (κ3) is 4.02. The van der Waals surface area contributed by atoms with Gasteiger partial charge < -0.3 is 4.90 Å². The summed E-state index contributed by atoms with van der Waals surface area (Å²) in [6.07, 6.45) is 5.78. The summed E-state index contributed by atoms with van der Waals surface area (Å²) in [5.41, 5.74) is 1.93. The lowest BCUT2D eigenvalue weighted by atomic mass is 9.68. The van der Waals surface area contributed by atoms with Gasteiger partial charge in [-0.15, -0.1) is 0 Å². The average Bonchev–Trinajstić information content (AvgIpc) is 2.84. The van der Waals surface area contributed by atoms with Gasteiger partial charge in [0.25, 0.3) is 5.91 Å². The maximum absolute atomic E-state index is 13.3. The Balaban J connectivity index is 1.53. The standard InChI is InChI=1S/C24H22FN5O/c1-17(18-4-6-19(25)7-5-18)24(15-26)9-13-30(14-10-24)23(31)20-3-2-11-28-22(20)21-8-12-27-16-29-21/h2-8,11-12,16-17H,9-10,13-14H2,1H3/t17-/m1/s1. The van der Waals surface area contributed by atoms with Gasteiger partial charge in [0.2, 0.25) is 0 Å². The first-order valence-electron chi connectivity index (χ1n) is 10.2. The van der Waals surface area contributed by atoms with E-state index in [9.17, 15) is 14.4 Å². The normalized spacial score (nSPS) is 16.4. The first-order chi connectivity index (χ1) is 15.0. The van der Waals surface area contributed by atoms with Crippen LogP contribution in [0.15, 0.2) is 61.2 Å². The lowest BCUT2D eigenvalue weighted by Crippen LogP contribution is -2.44. The Labute approximate surface area is 180 Å². The monoisotopic (exact) mass is 415 g/mol. The van der Waals surface area contributed by atoms with Crippen molar-refractivity contribution in [3.63, 3.8) is 0 Å². The summed E-state index contributed by atoms with van der Waals surface area (Å²) in [4.78, 5) is 27.6. The zero-order valence-electron chi connectivity index (χ0n) is 17.2.